The zero-order chi connectivity index (χ0) is 19.1. The minimum absolute atomic E-state index is 0.375. The molecule has 1 heterocycles. The van der Waals surface area contributed by atoms with Crippen molar-refractivity contribution in [2.45, 2.75) is 18.6 Å². The van der Waals surface area contributed by atoms with E-state index in [1.54, 1.807) is 12.5 Å². The number of imidazole rings is 1. The summed E-state index contributed by atoms with van der Waals surface area (Å²) >= 11 is 6.08. The van der Waals surface area contributed by atoms with Gasteiger partial charge in [0.1, 0.15) is 5.60 Å². The van der Waals surface area contributed by atoms with Crippen molar-refractivity contribution in [2.24, 2.45) is 0 Å². The molecule has 1 aliphatic rings. The number of aliphatic hydroxyl groups is 1. The first-order valence-corrected chi connectivity index (χ1v) is 9.67. The van der Waals surface area contributed by atoms with Crippen LogP contribution in [-0.2, 0) is 18.6 Å². The van der Waals surface area contributed by atoms with Gasteiger partial charge in [-0.05, 0) is 51.9 Å². The molecule has 28 heavy (non-hydrogen) atoms. The molecule has 1 unspecified atom stereocenters. The fraction of sp³-hybridized carbons (Fsp3) is 0.125. The highest BCUT2D eigenvalue weighted by atomic mass is 35.5. The van der Waals surface area contributed by atoms with E-state index >= 15 is 0 Å². The van der Waals surface area contributed by atoms with E-state index < -0.39 is 5.60 Å². The monoisotopic (exact) mass is 386 g/mol. The van der Waals surface area contributed by atoms with Crippen molar-refractivity contribution in [3.63, 3.8) is 0 Å². The van der Waals surface area contributed by atoms with Gasteiger partial charge in [0.25, 0.3) is 0 Å². The van der Waals surface area contributed by atoms with E-state index in [-0.39, 0.29) is 0 Å². The molecular weight excluding hydrogens is 368 g/mol. The van der Waals surface area contributed by atoms with Gasteiger partial charge in [-0.1, -0.05) is 66.2 Å². The molecule has 0 radical (unpaired) electrons. The van der Waals surface area contributed by atoms with Crippen molar-refractivity contribution >= 4 is 11.6 Å². The molecule has 3 nitrogen and oxygen atoms in total. The summed E-state index contributed by atoms with van der Waals surface area (Å²) in [5, 5.41) is 12.5. The normalized spacial score (nSPS) is 14.4. The van der Waals surface area contributed by atoms with E-state index in [1.165, 1.54) is 22.3 Å². The molecule has 0 fully saturated rings. The van der Waals surface area contributed by atoms with Crippen molar-refractivity contribution in [1.82, 2.24) is 9.55 Å². The van der Waals surface area contributed by atoms with Crippen LogP contribution in [0, 0.1) is 0 Å². The predicted molar refractivity (Wildman–Crippen MR) is 111 cm³/mol. The van der Waals surface area contributed by atoms with Crippen LogP contribution in [0.15, 0.2) is 85.5 Å². The molecule has 1 atom stereocenters. The highest BCUT2D eigenvalue weighted by molar-refractivity contribution is 6.30. The summed E-state index contributed by atoms with van der Waals surface area (Å²) in [6.45, 7) is 0.375. The van der Waals surface area contributed by atoms with Crippen LogP contribution < -0.4 is 0 Å². The van der Waals surface area contributed by atoms with Crippen molar-refractivity contribution in [3.05, 3.63) is 113 Å². The van der Waals surface area contributed by atoms with Crippen LogP contribution in [0.3, 0.4) is 0 Å². The molecule has 0 aliphatic heterocycles. The van der Waals surface area contributed by atoms with Crippen LogP contribution in [-0.4, -0.2) is 14.7 Å². The molecule has 0 saturated carbocycles. The summed E-state index contributed by atoms with van der Waals surface area (Å²) in [6, 6.07) is 22.2. The first kappa shape index (κ1) is 17.2. The Labute approximate surface area is 168 Å². The Morgan fingerprint density at radius 1 is 0.929 bits per heavy atom. The summed E-state index contributed by atoms with van der Waals surface area (Å²) in [5.41, 5.74) is 5.61. The maximum absolute atomic E-state index is 11.9. The molecule has 3 aromatic carbocycles. The lowest BCUT2D eigenvalue weighted by atomic mass is 9.84. The molecule has 1 aromatic heterocycles. The topological polar surface area (TPSA) is 38.0 Å². The molecule has 1 N–H and O–H groups in total. The third kappa shape index (κ3) is 2.84. The molecule has 0 amide bonds. The van der Waals surface area contributed by atoms with Gasteiger partial charge in [0.05, 0.1) is 12.9 Å². The number of hydrogen-bond donors (Lipinski definition) is 1. The summed E-state index contributed by atoms with van der Waals surface area (Å²) in [6.07, 6.45) is 6.21. The van der Waals surface area contributed by atoms with Gasteiger partial charge in [-0.15, -0.1) is 0 Å². The van der Waals surface area contributed by atoms with Gasteiger partial charge < -0.3 is 9.67 Å². The van der Waals surface area contributed by atoms with E-state index in [2.05, 4.69) is 41.4 Å². The zero-order valence-corrected chi connectivity index (χ0v) is 16.0. The maximum Gasteiger partial charge on any atom is 0.132 e. The van der Waals surface area contributed by atoms with Crippen LogP contribution >= 0.6 is 11.6 Å². The van der Waals surface area contributed by atoms with Gasteiger partial charge in [0, 0.05) is 17.4 Å². The van der Waals surface area contributed by atoms with E-state index in [4.69, 9.17) is 11.6 Å². The number of fused-ring (bicyclic) bond motifs is 3. The lowest BCUT2D eigenvalue weighted by molar-refractivity contribution is 0.0611. The Morgan fingerprint density at radius 3 is 2.46 bits per heavy atom. The minimum atomic E-state index is -1.19. The van der Waals surface area contributed by atoms with E-state index in [9.17, 15) is 5.11 Å². The number of rotatable bonds is 4. The lowest BCUT2D eigenvalue weighted by Crippen LogP contribution is -2.32. The second kappa shape index (κ2) is 6.62. The Kier molecular flexibility index (Phi) is 4.08. The smallest absolute Gasteiger partial charge is 0.132 e. The zero-order valence-electron chi connectivity index (χ0n) is 15.2. The molecule has 1 aliphatic carbocycles. The fourth-order valence-electron chi connectivity index (χ4n) is 4.12. The third-order valence-corrected chi connectivity index (χ3v) is 5.82. The number of benzene rings is 3. The number of halogens is 1. The average Bonchev–Trinajstić information content (AvgIpc) is 3.35. The SMILES string of the molecule is OC(Cn1ccnc1)(c1ccc(Cl)cc1)c1ccc2c(c1)Cc1ccccc1-2. The van der Waals surface area contributed by atoms with Gasteiger partial charge in [-0.3, -0.25) is 0 Å². The second-order valence-electron chi connectivity index (χ2n) is 7.31. The number of aromatic nitrogens is 2. The van der Waals surface area contributed by atoms with Gasteiger partial charge in [0.2, 0.25) is 0 Å². The molecule has 0 bridgehead atoms. The molecule has 0 saturated heterocycles. The number of hydrogen-bond acceptors (Lipinski definition) is 2. The molecule has 4 heteroatoms. The van der Waals surface area contributed by atoms with Crippen LogP contribution in [0.4, 0.5) is 0 Å². The van der Waals surface area contributed by atoms with Gasteiger partial charge in [-0.25, -0.2) is 4.98 Å². The van der Waals surface area contributed by atoms with E-state index in [1.807, 2.05) is 41.1 Å². The standard InChI is InChI=1S/C24H19ClN2O/c25-21-8-5-19(6-9-21)24(28,15-27-12-11-26-16-27)20-7-10-23-18(14-20)13-17-3-1-2-4-22(17)23/h1-12,14,16,28H,13,15H2. The fourth-order valence-corrected chi connectivity index (χ4v) is 4.25. The van der Waals surface area contributed by atoms with Crippen LogP contribution in [0.5, 0.6) is 0 Å². The van der Waals surface area contributed by atoms with Crippen molar-refractivity contribution in [1.29, 1.82) is 0 Å². The summed E-state index contributed by atoms with van der Waals surface area (Å²) in [4.78, 5) is 4.12. The third-order valence-electron chi connectivity index (χ3n) is 5.56. The Bertz CT molecular complexity index is 1140. The second-order valence-corrected chi connectivity index (χ2v) is 7.74. The van der Waals surface area contributed by atoms with Crippen molar-refractivity contribution in [2.75, 3.05) is 0 Å². The largest absolute Gasteiger partial charge is 0.378 e. The van der Waals surface area contributed by atoms with Gasteiger partial charge in [0.15, 0.2) is 0 Å². The van der Waals surface area contributed by atoms with E-state index in [0.29, 0.717) is 11.6 Å². The van der Waals surface area contributed by atoms with E-state index in [0.717, 1.165) is 17.5 Å². The average molecular weight is 387 g/mol. The van der Waals surface area contributed by atoms with Crippen LogP contribution in [0.25, 0.3) is 11.1 Å². The predicted octanol–water partition coefficient (Wildman–Crippen LogP) is 5.04. The number of nitrogens with zero attached hydrogens (tertiary/aromatic N) is 2. The summed E-state index contributed by atoms with van der Waals surface area (Å²) in [7, 11) is 0. The van der Waals surface area contributed by atoms with Gasteiger partial charge in [-0.2, -0.15) is 0 Å². The lowest BCUT2D eigenvalue weighted by Gasteiger charge is -2.30. The minimum Gasteiger partial charge on any atom is -0.378 e. The quantitative estimate of drug-likeness (QED) is 0.469. The van der Waals surface area contributed by atoms with Crippen molar-refractivity contribution < 1.29 is 5.11 Å². The maximum atomic E-state index is 11.9. The first-order chi connectivity index (χ1) is 13.6. The first-order valence-electron chi connectivity index (χ1n) is 9.29. The molecule has 5 rings (SSSR count). The molecule has 138 valence electrons. The highest BCUT2D eigenvalue weighted by Crippen LogP contribution is 2.40. The summed E-state index contributed by atoms with van der Waals surface area (Å²) < 4.78 is 1.90. The van der Waals surface area contributed by atoms with Crippen LogP contribution in [0.2, 0.25) is 5.02 Å². The molecular formula is C24H19ClN2O. The summed E-state index contributed by atoms with van der Waals surface area (Å²) in [5.74, 6) is 0. The van der Waals surface area contributed by atoms with Gasteiger partial charge >= 0.3 is 0 Å². The Balaban J connectivity index is 1.62. The van der Waals surface area contributed by atoms with Crippen LogP contribution in [0.1, 0.15) is 22.3 Å². The highest BCUT2D eigenvalue weighted by Gasteiger charge is 2.33. The molecule has 0 spiro atoms. The molecule has 4 aromatic rings. The Morgan fingerprint density at radius 2 is 1.68 bits per heavy atom. The van der Waals surface area contributed by atoms with Crippen molar-refractivity contribution in [3.8, 4) is 11.1 Å². The Hall–Kier alpha value is -2.88.